The van der Waals surface area contributed by atoms with E-state index in [0.717, 1.165) is 29.8 Å². The van der Waals surface area contributed by atoms with Crippen LogP contribution in [0.5, 0.6) is 0 Å². The molecule has 0 aliphatic carbocycles. The zero-order valence-electron chi connectivity index (χ0n) is 14.1. The number of nitrogens with zero attached hydrogens (tertiary/aromatic N) is 1. The zero-order chi connectivity index (χ0) is 15.5. The van der Waals surface area contributed by atoms with Crippen molar-refractivity contribution >= 4 is 18.3 Å². The molecular weight excluding hydrogens is 286 g/mol. The Morgan fingerprint density at radius 1 is 1.33 bits per heavy atom. The van der Waals surface area contributed by atoms with Gasteiger partial charge in [-0.3, -0.25) is 4.79 Å². The molecule has 0 saturated carbocycles. The Morgan fingerprint density at radius 2 is 1.86 bits per heavy atom. The number of aromatic nitrogens is 1. The molecule has 5 heteroatoms. The molecule has 1 amide bonds. The molecule has 1 aromatic heterocycles. The number of nitrogens with two attached hydrogens (primary N) is 1. The Hall–Kier alpha value is -1.00. The minimum absolute atomic E-state index is 0. The molecule has 1 heterocycles. The molecule has 1 rings (SSSR count). The fourth-order valence-corrected chi connectivity index (χ4v) is 2.88. The number of nitrogens with one attached hydrogen (secondary N) is 1. The van der Waals surface area contributed by atoms with E-state index in [2.05, 4.69) is 37.6 Å². The van der Waals surface area contributed by atoms with Gasteiger partial charge in [-0.1, -0.05) is 13.8 Å². The minimum Gasteiger partial charge on any atom is -0.346 e. The molecule has 4 nitrogen and oxygen atoms in total. The third kappa shape index (κ3) is 4.01. The largest absolute Gasteiger partial charge is 0.346 e. The third-order valence-corrected chi connectivity index (χ3v) is 4.37. The number of halogens is 1. The Morgan fingerprint density at radius 3 is 2.19 bits per heavy atom. The lowest BCUT2D eigenvalue weighted by molar-refractivity contribution is 0.0894. The maximum Gasteiger partial charge on any atom is 0.253 e. The Balaban J connectivity index is 0.00000400. The quantitative estimate of drug-likeness (QED) is 0.845. The number of aryl methyl sites for hydroxylation is 1. The van der Waals surface area contributed by atoms with Crippen LogP contribution in [0.4, 0.5) is 0 Å². The van der Waals surface area contributed by atoms with Gasteiger partial charge in [0, 0.05) is 24.0 Å². The van der Waals surface area contributed by atoms with E-state index < -0.39 is 0 Å². The van der Waals surface area contributed by atoms with E-state index >= 15 is 0 Å². The normalized spacial score (nSPS) is 11.4. The first-order chi connectivity index (χ1) is 9.31. The third-order valence-electron chi connectivity index (χ3n) is 4.37. The molecular formula is C16H30ClN3O. The van der Waals surface area contributed by atoms with E-state index in [-0.39, 0.29) is 23.9 Å². The predicted octanol–water partition coefficient (Wildman–Crippen LogP) is 3.35. The first-order valence-electron chi connectivity index (χ1n) is 7.52. The first-order valence-corrected chi connectivity index (χ1v) is 7.52. The van der Waals surface area contributed by atoms with Gasteiger partial charge in [0.15, 0.2) is 0 Å². The average molecular weight is 316 g/mol. The number of rotatable bonds is 6. The lowest BCUT2D eigenvalue weighted by Crippen LogP contribution is -2.52. The minimum atomic E-state index is -0.294. The number of carbonyl (C=O) groups excluding carboxylic acids is 1. The van der Waals surface area contributed by atoms with Crippen LogP contribution < -0.4 is 11.1 Å². The van der Waals surface area contributed by atoms with E-state index in [1.807, 2.05) is 19.9 Å². The smallest absolute Gasteiger partial charge is 0.253 e. The summed E-state index contributed by atoms with van der Waals surface area (Å²) in [5.41, 5.74) is 8.46. The van der Waals surface area contributed by atoms with Gasteiger partial charge in [0.05, 0.1) is 11.1 Å². The van der Waals surface area contributed by atoms with Crippen molar-refractivity contribution in [3.8, 4) is 0 Å². The van der Waals surface area contributed by atoms with Crippen molar-refractivity contribution in [1.29, 1.82) is 0 Å². The molecule has 0 atom stereocenters. The summed E-state index contributed by atoms with van der Waals surface area (Å²) in [6, 6.07) is 2.32. The first kappa shape index (κ1) is 20.0. The molecule has 0 unspecified atom stereocenters. The van der Waals surface area contributed by atoms with Crippen molar-refractivity contribution in [2.75, 3.05) is 6.54 Å². The maximum atomic E-state index is 12.6. The van der Waals surface area contributed by atoms with Crippen LogP contribution in [0.25, 0.3) is 0 Å². The van der Waals surface area contributed by atoms with Crippen LogP contribution in [0.3, 0.4) is 0 Å². The predicted molar refractivity (Wildman–Crippen MR) is 91.4 cm³/mol. The van der Waals surface area contributed by atoms with Crippen LogP contribution in [0.1, 0.15) is 68.3 Å². The van der Waals surface area contributed by atoms with E-state index in [1.165, 1.54) is 0 Å². The van der Waals surface area contributed by atoms with Crippen molar-refractivity contribution in [1.82, 2.24) is 9.88 Å². The molecule has 0 saturated heterocycles. The molecule has 0 radical (unpaired) electrons. The Kier molecular flexibility index (Phi) is 7.48. The van der Waals surface area contributed by atoms with Crippen molar-refractivity contribution in [3.63, 3.8) is 0 Å². The summed E-state index contributed by atoms with van der Waals surface area (Å²) in [6.07, 6.45) is 1.68. The topological polar surface area (TPSA) is 60.0 Å². The average Bonchev–Trinajstić information content (AvgIpc) is 2.71. The van der Waals surface area contributed by atoms with Crippen LogP contribution in [0, 0.1) is 13.8 Å². The van der Waals surface area contributed by atoms with Crippen LogP contribution in [0.15, 0.2) is 6.07 Å². The molecule has 0 spiro atoms. The number of amides is 1. The van der Waals surface area contributed by atoms with Crippen LogP contribution >= 0.6 is 12.4 Å². The highest BCUT2D eigenvalue weighted by atomic mass is 35.5. The molecule has 122 valence electrons. The van der Waals surface area contributed by atoms with Crippen LogP contribution in [0.2, 0.25) is 0 Å². The van der Waals surface area contributed by atoms with Crippen LogP contribution in [-0.4, -0.2) is 22.6 Å². The summed E-state index contributed by atoms with van der Waals surface area (Å²) in [6.45, 7) is 12.9. The summed E-state index contributed by atoms with van der Waals surface area (Å²) in [5, 5.41) is 3.14. The molecule has 21 heavy (non-hydrogen) atoms. The lowest BCUT2D eigenvalue weighted by Gasteiger charge is -2.31. The van der Waals surface area contributed by atoms with E-state index in [1.54, 1.807) is 0 Å². The summed E-state index contributed by atoms with van der Waals surface area (Å²) in [5.74, 6) is -0.0147. The fourth-order valence-electron chi connectivity index (χ4n) is 2.88. The van der Waals surface area contributed by atoms with Gasteiger partial charge in [0.2, 0.25) is 0 Å². The molecule has 0 aromatic carbocycles. The molecule has 1 aromatic rings. The SMILES string of the molecule is CCC(CC)(CN)NC(=O)c1cc(C)n(C(C)C)c1C.Cl. The van der Waals surface area contributed by atoms with Crippen molar-refractivity contribution in [2.45, 2.75) is 66.0 Å². The van der Waals surface area contributed by atoms with Crippen molar-refractivity contribution < 1.29 is 4.79 Å². The van der Waals surface area contributed by atoms with Gasteiger partial charge in [-0.05, 0) is 46.6 Å². The van der Waals surface area contributed by atoms with E-state index in [9.17, 15) is 4.79 Å². The van der Waals surface area contributed by atoms with Gasteiger partial charge in [-0.2, -0.15) is 0 Å². The Labute approximate surface area is 134 Å². The highest BCUT2D eigenvalue weighted by molar-refractivity contribution is 5.96. The monoisotopic (exact) mass is 315 g/mol. The summed E-state index contributed by atoms with van der Waals surface area (Å²) >= 11 is 0. The second-order valence-corrected chi connectivity index (χ2v) is 5.89. The van der Waals surface area contributed by atoms with Gasteiger partial charge in [-0.25, -0.2) is 0 Å². The Bertz CT molecular complexity index is 468. The summed E-state index contributed by atoms with van der Waals surface area (Å²) in [4.78, 5) is 12.6. The summed E-state index contributed by atoms with van der Waals surface area (Å²) in [7, 11) is 0. The fraction of sp³-hybridized carbons (Fsp3) is 0.688. The van der Waals surface area contributed by atoms with Gasteiger partial charge >= 0.3 is 0 Å². The van der Waals surface area contributed by atoms with Gasteiger partial charge in [0.25, 0.3) is 5.91 Å². The second kappa shape index (κ2) is 7.85. The number of hydrogen-bond donors (Lipinski definition) is 2. The van der Waals surface area contributed by atoms with Gasteiger partial charge in [-0.15, -0.1) is 12.4 Å². The van der Waals surface area contributed by atoms with Crippen molar-refractivity contribution in [2.24, 2.45) is 5.73 Å². The van der Waals surface area contributed by atoms with Crippen LogP contribution in [-0.2, 0) is 0 Å². The van der Waals surface area contributed by atoms with Gasteiger partial charge < -0.3 is 15.6 Å². The zero-order valence-corrected chi connectivity index (χ0v) is 14.9. The summed E-state index contributed by atoms with van der Waals surface area (Å²) < 4.78 is 2.19. The highest BCUT2D eigenvalue weighted by Crippen LogP contribution is 2.21. The second-order valence-electron chi connectivity index (χ2n) is 5.89. The molecule has 3 N–H and O–H groups in total. The van der Waals surface area contributed by atoms with Gasteiger partial charge in [0.1, 0.15) is 0 Å². The highest BCUT2D eigenvalue weighted by Gasteiger charge is 2.28. The molecule has 0 bridgehead atoms. The molecule has 0 aliphatic heterocycles. The molecule has 0 fully saturated rings. The number of carbonyl (C=O) groups is 1. The standard InChI is InChI=1S/C16H29N3O.ClH/c1-7-16(8-2,10-17)18-15(20)14-9-12(5)19(11(3)4)13(14)6;/h9,11H,7-8,10,17H2,1-6H3,(H,18,20);1H. The van der Waals surface area contributed by atoms with Crippen molar-refractivity contribution in [3.05, 3.63) is 23.0 Å². The number of hydrogen-bond acceptors (Lipinski definition) is 2. The molecule has 0 aliphatic rings. The van der Waals surface area contributed by atoms with E-state index in [4.69, 9.17) is 5.73 Å². The van der Waals surface area contributed by atoms with E-state index in [0.29, 0.717) is 12.6 Å². The lowest BCUT2D eigenvalue weighted by atomic mass is 9.92. The maximum absolute atomic E-state index is 12.6.